The Morgan fingerprint density at radius 2 is 2.12 bits per heavy atom. The topological polar surface area (TPSA) is 30.9 Å². The van der Waals surface area contributed by atoms with Gasteiger partial charge in [-0.15, -0.1) is 0 Å². The van der Waals surface area contributed by atoms with Crippen LogP contribution in [-0.2, 0) is 13.0 Å². The molecule has 0 fully saturated rings. The summed E-state index contributed by atoms with van der Waals surface area (Å²) in [5.74, 6) is 0. The summed E-state index contributed by atoms with van der Waals surface area (Å²) >= 11 is 0. The monoisotopic (exact) mass is 216 g/mol. The standard InChI is InChI=1S/C14H20N2/c1-3-16-10-11(2)14-12(7-5-9-15)6-4-8-13(14)16/h4,6,8,10H,3,5,7,9,15H2,1-2H3. The predicted molar refractivity (Wildman–Crippen MR) is 69.7 cm³/mol. The van der Waals surface area contributed by atoms with Gasteiger partial charge < -0.3 is 10.3 Å². The van der Waals surface area contributed by atoms with Crippen LogP contribution in [0.5, 0.6) is 0 Å². The van der Waals surface area contributed by atoms with E-state index in [9.17, 15) is 0 Å². The second-order valence-corrected chi connectivity index (χ2v) is 4.30. The average Bonchev–Trinajstić information content (AvgIpc) is 2.64. The molecule has 0 saturated heterocycles. The van der Waals surface area contributed by atoms with E-state index in [1.54, 1.807) is 0 Å². The molecule has 2 aromatic rings. The highest BCUT2D eigenvalue weighted by Gasteiger charge is 2.08. The number of nitrogens with two attached hydrogens (primary N) is 1. The van der Waals surface area contributed by atoms with Crippen molar-refractivity contribution >= 4 is 10.9 Å². The molecule has 2 N–H and O–H groups in total. The van der Waals surface area contributed by atoms with E-state index >= 15 is 0 Å². The van der Waals surface area contributed by atoms with Crippen LogP contribution in [0.3, 0.4) is 0 Å². The van der Waals surface area contributed by atoms with Gasteiger partial charge in [-0.05, 0) is 50.4 Å². The molecule has 0 amide bonds. The number of fused-ring (bicyclic) bond motifs is 1. The summed E-state index contributed by atoms with van der Waals surface area (Å²) in [6, 6.07) is 6.59. The average molecular weight is 216 g/mol. The van der Waals surface area contributed by atoms with Crippen molar-refractivity contribution in [3.8, 4) is 0 Å². The SMILES string of the molecule is CCn1cc(C)c2c(CCCN)cccc21. The summed E-state index contributed by atoms with van der Waals surface area (Å²) in [7, 11) is 0. The maximum Gasteiger partial charge on any atom is 0.0485 e. The van der Waals surface area contributed by atoms with Crippen molar-refractivity contribution in [1.29, 1.82) is 0 Å². The van der Waals surface area contributed by atoms with Crippen LogP contribution in [-0.4, -0.2) is 11.1 Å². The molecule has 0 spiro atoms. The van der Waals surface area contributed by atoms with Gasteiger partial charge >= 0.3 is 0 Å². The molecule has 0 bridgehead atoms. The number of hydrogen-bond donors (Lipinski definition) is 1. The first-order chi connectivity index (χ1) is 7.77. The van der Waals surface area contributed by atoms with Gasteiger partial charge in [0.2, 0.25) is 0 Å². The van der Waals surface area contributed by atoms with E-state index in [4.69, 9.17) is 5.73 Å². The molecule has 86 valence electrons. The van der Waals surface area contributed by atoms with Gasteiger partial charge in [0.15, 0.2) is 0 Å². The van der Waals surface area contributed by atoms with E-state index in [0.717, 1.165) is 25.9 Å². The predicted octanol–water partition coefficient (Wildman–Crippen LogP) is 2.86. The Kier molecular flexibility index (Phi) is 3.30. The number of aryl methyl sites for hydroxylation is 3. The Morgan fingerprint density at radius 1 is 1.31 bits per heavy atom. The molecule has 1 aromatic heterocycles. The molecule has 0 aliphatic heterocycles. The van der Waals surface area contributed by atoms with E-state index in [-0.39, 0.29) is 0 Å². The summed E-state index contributed by atoms with van der Waals surface area (Å²) in [4.78, 5) is 0. The van der Waals surface area contributed by atoms with E-state index in [1.165, 1.54) is 22.0 Å². The summed E-state index contributed by atoms with van der Waals surface area (Å²) in [5.41, 5.74) is 9.76. The highest BCUT2D eigenvalue weighted by molar-refractivity contribution is 5.87. The van der Waals surface area contributed by atoms with Crippen LogP contribution in [0.15, 0.2) is 24.4 Å². The zero-order chi connectivity index (χ0) is 11.5. The molecule has 0 saturated carbocycles. The lowest BCUT2D eigenvalue weighted by molar-refractivity contribution is 0.795. The van der Waals surface area contributed by atoms with Crippen LogP contribution in [0.2, 0.25) is 0 Å². The fourth-order valence-corrected chi connectivity index (χ4v) is 2.41. The van der Waals surface area contributed by atoms with Crippen LogP contribution in [0.25, 0.3) is 10.9 Å². The molecule has 2 nitrogen and oxygen atoms in total. The van der Waals surface area contributed by atoms with Gasteiger partial charge in [-0.3, -0.25) is 0 Å². The summed E-state index contributed by atoms with van der Waals surface area (Å²) in [6.45, 7) is 6.18. The number of hydrogen-bond acceptors (Lipinski definition) is 1. The van der Waals surface area contributed by atoms with Crippen LogP contribution >= 0.6 is 0 Å². The fraction of sp³-hybridized carbons (Fsp3) is 0.429. The first kappa shape index (κ1) is 11.2. The zero-order valence-electron chi connectivity index (χ0n) is 10.2. The van der Waals surface area contributed by atoms with Crippen molar-refractivity contribution in [2.45, 2.75) is 33.2 Å². The minimum atomic E-state index is 0.768. The molecule has 0 unspecified atom stereocenters. The third kappa shape index (κ3) is 1.85. The van der Waals surface area contributed by atoms with E-state index < -0.39 is 0 Å². The Morgan fingerprint density at radius 3 is 2.81 bits per heavy atom. The molecule has 2 heteroatoms. The normalized spacial score (nSPS) is 11.2. The number of aromatic nitrogens is 1. The summed E-state index contributed by atoms with van der Waals surface area (Å²) in [6.07, 6.45) is 4.40. The van der Waals surface area contributed by atoms with Gasteiger partial charge in [-0.2, -0.15) is 0 Å². The number of nitrogens with zero attached hydrogens (tertiary/aromatic N) is 1. The number of rotatable bonds is 4. The fourth-order valence-electron chi connectivity index (χ4n) is 2.41. The van der Waals surface area contributed by atoms with Gasteiger partial charge in [0, 0.05) is 23.6 Å². The van der Waals surface area contributed by atoms with Crippen LogP contribution in [0.1, 0.15) is 24.5 Å². The molecule has 1 aromatic carbocycles. The molecule has 0 atom stereocenters. The summed E-state index contributed by atoms with van der Waals surface area (Å²) in [5, 5.41) is 1.43. The van der Waals surface area contributed by atoms with Crippen molar-refractivity contribution in [2.24, 2.45) is 5.73 Å². The van der Waals surface area contributed by atoms with Crippen molar-refractivity contribution in [2.75, 3.05) is 6.54 Å². The Balaban J connectivity index is 2.53. The van der Waals surface area contributed by atoms with Crippen LogP contribution < -0.4 is 5.73 Å². The number of benzene rings is 1. The largest absolute Gasteiger partial charge is 0.347 e. The molecule has 0 radical (unpaired) electrons. The highest BCUT2D eigenvalue weighted by Crippen LogP contribution is 2.25. The molecular formula is C14H20N2. The molecular weight excluding hydrogens is 196 g/mol. The van der Waals surface area contributed by atoms with Gasteiger partial charge in [0.05, 0.1) is 0 Å². The van der Waals surface area contributed by atoms with Crippen molar-refractivity contribution < 1.29 is 0 Å². The molecule has 1 heterocycles. The van der Waals surface area contributed by atoms with Crippen LogP contribution in [0.4, 0.5) is 0 Å². The molecule has 0 aliphatic carbocycles. The van der Waals surface area contributed by atoms with Gasteiger partial charge in [0.25, 0.3) is 0 Å². The third-order valence-electron chi connectivity index (χ3n) is 3.17. The first-order valence-electron chi connectivity index (χ1n) is 6.05. The van der Waals surface area contributed by atoms with Gasteiger partial charge in [0.1, 0.15) is 0 Å². The lowest BCUT2D eigenvalue weighted by Gasteiger charge is -2.05. The molecule has 16 heavy (non-hydrogen) atoms. The van der Waals surface area contributed by atoms with E-state index in [2.05, 4.69) is 42.8 Å². The van der Waals surface area contributed by atoms with Gasteiger partial charge in [-0.1, -0.05) is 12.1 Å². The lowest BCUT2D eigenvalue weighted by atomic mass is 10.0. The van der Waals surface area contributed by atoms with Crippen molar-refractivity contribution in [1.82, 2.24) is 4.57 Å². The lowest BCUT2D eigenvalue weighted by Crippen LogP contribution is -2.00. The Labute approximate surface area is 97.1 Å². The van der Waals surface area contributed by atoms with Crippen molar-refractivity contribution in [3.05, 3.63) is 35.5 Å². The minimum absolute atomic E-state index is 0.768. The smallest absolute Gasteiger partial charge is 0.0485 e. The van der Waals surface area contributed by atoms with Crippen molar-refractivity contribution in [3.63, 3.8) is 0 Å². The van der Waals surface area contributed by atoms with Gasteiger partial charge in [-0.25, -0.2) is 0 Å². The highest BCUT2D eigenvalue weighted by atomic mass is 14.9. The zero-order valence-corrected chi connectivity index (χ0v) is 10.2. The van der Waals surface area contributed by atoms with E-state index in [0.29, 0.717) is 0 Å². The van der Waals surface area contributed by atoms with Crippen LogP contribution in [0, 0.1) is 6.92 Å². The Bertz CT molecular complexity index is 483. The maximum absolute atomic E-state index is 5.58. The summed E-state index contributed by atoms with van der Waals surface area (Å²) < 4.78 is 2.32. The second kappa shape index (κ2) is 4.71. The second-order valence-electron chi connectivity index (χ2n) is 4.30. The molecule has 2 rings (SSSR count). The maximum atomic E-state index is 5.58. The third-order valence-corrected chi connectivity index (χ3v) is 3.17. The minimum Gasteiger partial charge on any atom is -0.347 e. The molecule has 0 aliphatic rings. The quantitative estimate of drug-likeness (QED) is 0.837. The van der Waals surface area contributed by atoms with E-state index in [1.807, 2.05) is 0 Å². The Hall–Kier alpha value is -1.28. The first-order valence-corrected chi connectivity index (χ1v) is 6.05.